The molecule has 92 valence electrons. The monoisotopic (exact) mass is 242 g/mol. The molecule has 0 unspecified atom stereocenters. The van der Waals surface area contributed by atoms with Gasteiger partial charge in [-0.1, -0.05) is 12.8 Å². The molecule has 1 fully saturated rings. The number of nitrogens with zero attached hydrogens (tertiary/aromatic N) is 1. The van der Waals surface area contributed by atoms with Gasteiger partial charge >= 0.3 is 0 Å². The third-order valence-corrected chi connectivity index (χ3v) is 2.82. The van der Waals surface area contributed by atoms with Gasteiger partial charge in [-0.05, 0) is 18.4 Å². The van der Waals surface area contributed by atoms with Crippen molar-refractivity contribution in [2.75, 3.05) is 11.9 Å². The number of anilines is 1. The molecule has 4 nitrogen and oxygen atoms in total. The quantitative estimate of drug-likeness (QED) is 0.637. The van der Waals surface area contributed by atoms with Gasteiger partial charge in [0.25, 0.3) is 5.69 Å². The number of hydrogen-bond acceptors (Lipinski definition) is 3. The van der Waals surface area contributed by atoms with Gasteiger partial charge in [0.2, 0.25) is 0 Å². The van der Waals surface area contributed by atoms with Crippen molar-refractivity contribution in [1.29, 1.82) is 0 Å². The van der Waals surface area contributed by atoms with Crippen molar-refractivity contribution in [3.8, 4) is 0 Å². The Hall–Kier alpha value is -1.72. The van der Waals surface area contributed by atoms with Crippen LogP contribution in [0.15, 0.2) is 12.1 Å². The molecule has 0 amide bonds. The number of nitro groups is 1. The highest BCUT2D eigenvalue weighted by atomic mass is 19.2. The average molecular weight is 242 g/mol. The van der Waals surface area contributed by atoms with E-state index in [1.165, 1.54) is 0 Å². The largest absolute Gasteiger partial charge is 0.377 e. The second-order valence-corrected chi connectivity index (χ2v) is 4.17. The van der Waals surface area contributed by atoms with Gasteiger partial charge in [0.1, 0.15) is 0 Å². The molecule has 1 aliphatic rings. The highest BCUT2D eigenvalue weighted by Crippen LogP contribution is 2.33. The molecule has 17 heavy (non-hydrogen) atoms. The van der Waals surface area contributed by atoms with E-state index in [4.69, 9.17) is 0 Å². The molecule has 0 aromatic heterocycles. The van der Waals surface area contributed by atoms with Crippen molar-refractivity contribution in [2.24, 2.45) is 5.92 Å². The van der Waals surface area contributed by atoms with Gasteiger partial charge in [-0.15, -0.1) is 0 Å². The average Bonchev–Trinajstić information content (AvgIpc) is 3.08. The summed E-state index contributed by atoms with van der Waals surface area (Å²) in [6.45, 7) is 0.423. The number of nitrogens with one attached hydrogen (secondary N) is 1. The third-order valence-electron chi connectivity index (χ3n) is 2.82. The Morgan fingerprint density at radius 2 is 2.12 bits per heavy atom. The van der Waals surface area contributed by atoms with E-state index in [0.717, 1.165) is 31.4 Å². The van der Waals surface area contributed by atoms with E-state index in [1.807, 2.05) is 0 Å². The van der Waals surface area contributed by atoms with Gasteiger partial charge in [-0.2, -0.15) is 0 Å². The second kappa shape index (κ2) is 4.65. The summed E-state index contributed by atoms with van der Waals surface area (Å²) in [5.41, 5.74) is -0.782. The molecule has 1 saturated carbocycles. The van der Waals surface area contributed by atoms with Crippen LogP contribution in [0.4, 0.5) is 20.2 Å². The number of hydrogen-bond donors (Lipinski definition) is 1. The molecule has 1 aliphatic carbocycles. The Morgan fingerprint density at radius 3 is 2.71 bits per heavy atom. The SMILES string of the molecule is O=[N+]([O-])c1ccc(F)c(F)c1NCCC1CC1. The van der Waals surface area contributed by atoms with Crippen LogP contribution in [0.5, 0.6) is 0 Å². The summed E-state index contributed by atoms with van der Waals surface area (Å²) in [6, 6.07) is 1.73. The van der Waals surface area contributed by atoms with Crippen molar-refractivity contribution >= 4 is 11.4 Å². The van der Waals surface area contributed by atoms with E-state index in [-0.39, 0.29) is 5.69 Å². The first-order valence-electron chi connectivity index (χ1n) is 5.46. The van der Waals surface area contributed by atoms with Crippen LogP contribution in [0.3, 0.4) is 0 Å². The standard InChI is InChI=1S/C11H12F2N2O2/c12-8-3-4-9(15(16)17)11(10(8)13)14-6-5-7-1-2-7/h3-4,7,14H,1-2,5-6H2. The Bertz CT molecular complexity index is 447. The van der Waals surface area contributed by atoms with E-state index in [9.17, 15) is 18.9 Å². The van der Waals surface area contributed by atoms with Crippen LogP contribution in [-0.2, 0) is 0 Å². The third kappa shape index (κ3) is 2.69. The summed E-state index contributed by atoms with van der Waals surface area (Å²) in [6.07, 6.45) is 3.12. The topological polar surface area (TPSA) is 55.2 Å². The lowest BCUT2D eigenvalue weighted by atomic mass is 10.2. The van der Waals surface area contributed by atoms with E-state index >= 15 is 0 Å². The van der Waals surface area contributed by atoms with Crippen LogP contribution in [0.2, 0.25) is 0 Å². The van der Waals surface area contributed by atoms with Gasteiger partial charge in [-0.3, -0.25) is 10.1 Å². The predicted octanol–water partition coefficient (Wildman–Crippen LogP) is 3.09. The normalized spacial score (nSPS) is 14.7. The van der Waals surface area contributed by atoms with Crippen LogP contribution in [0, 0.1) is 27.7 Å². The minimum absolute atomic E-state index is 0.351. The maximum Gasteiger partial charge on any atom is 0.295 e. The van der Waals surface area contributed by atoms with Crippen molar-refractivity contribution in [3.05, 3.63) is 33.9 Å². The Labute approximate surface area is 96.8 Å². The Balaban J connectivity index is 2.15. The van der Waals surface area contributed by atoms with Crippen molar-refractivity contribution in [2.45, 2.75) is 19.3 Å². The van der Waals surface area contributed by atoms with Crippen LogP contribution in [-0.4, -0.2) is 11.5 Å². The maximum atomic E-state index is 13.4. The molecular weight excluding hydrogens is 230 g/mol. The minimum Gasteiger partial charge on any atom is -0.377 e. The van der Waals surface area contributed by atoms with Crippen molar-refractivity contribution < 1.29 is 13.7 Å². The zero-order chi connectivity index (χ0) is 12.4. The van der Waals surface area contributed by atoms with Gasteiger partial charge in [0.05, 0.1) is 4.92 Å². The lowest BCUT2D eigenvalue weighted by Crippen LogP contribution is -2.08. The van der Waals surface area contributed by atoms with E-state index in [2.05, 4.69) is 5.32 Å². The lowest BCUT2D eigenvalue weighted by Gasteiger charge is -2.08. The molecule has 1 aromatic rings. The Morgan fingerprint density at radius 1 is 1.41 bits per heavy atom. The summed E-state index contributed by atoms with van der Waals surface area (Å²) < 4.78 is 26.4. The summed E-state index contributed by atoms with van der Waals surface area (Å²) in [7, 11) is 0. The van der Waals surface area contributed by atoms with Gasteiger partial charge in [-0.25, -0.2) is 8.78 Å². The molecule has 0 spiro atoms. The fraction of sp³-hybridized carbons (Fsp3) is 0.455. The summed E-state index contributed by atoms with van der Waals surface area (Å²) in [4.78, 5) is 9.95. The molecule has 0 heterocycles. The smallest absolute Gasteiger partial charge is 0.295 e. The molecule has 0 aliphatic heterocycles. The van der Waals surface area contributed by atoms with Gasteiger partial charge < -0.3 is 5.32 Å². The first kappa shape index (κ1) is 11.8. The number of rotatable bonds is 5. The highest BCUT2D eigenvalue weighted by Gasteiger charge is 2.23. The zero-order valence-corrected chi connectivity index (χ0v) is 9.08. The molecule has 0 saturated heterocycles. The van der Waals surface area contributed by atoms with Crippen molar-refractivity contribution in [1.82, 2.24) is 0 Å². The molecule has 1 aromatic carbocycles. The van der Waals surface area contributed by atoms with E-state index < -0.39 is 22.2 Å². The van der Waals surface area contributed by atoms with E-state index in [0.29, 0.717) is 12.5 Å². The van der Waals surface area contributed by atoms with Crippen LogP contribution in [0.25, 0.3) is 0 Å². The fourth-order valence-corrected chi connectivity index (χ4v) is 1.67. The van der Waals surface area contributed by atoms with E-state index in [1.54, 1.807) is 0 Å². The van der Waals surface area contributed by atoms with Crippen LogP contribution < -0.4 is 5.32 Å². The van der Waals surface area contributed by atoms with Crippen LogP contribution in [0.1, 0.15) is 19.3 Å². The summed E-state index contributed by atoms with van der Waals surface area (Å²) >= 11 is 0. The lowest BCUT2D eigenvalue weighted by molar-refractivity contribution is -0.384. The van der Waals surface area contributed by atoms with Crippen LogP contribution >= 0.6 is 0 Å². The number of halogens is 2. The fourth-order valence-electron chi connectivity index (χ4n) is 1.67. The molecular formula is C11H12F2N2O2. The maximum absolute atomic E-state index is 13.4. The predicted molar refractivity (Wildman–Crippen MR) is 58.8 cm³/mol. The van der Waals surface area contributed by atoms with Gasteiger partial charge in [0.15, 0.2) is 17.3 Å². The summed E-state index contributed by atoms with van der Waals surface area (Å²) in [5.74, 6) is -1.64. The molecule has 2 rings (SSSR count). The molecule has 0 atom stereocenters. The van der Waals surface area contributed by atoms with Gasteiger partial charge in [0, 0.05) is 12.6 Å². The molecule has 1 N–H and O–H groups in total. The first-order chi connectivity index (χ1) is 8.09. The zero-order valence-electron chi connectivity index (χ0n) is 9.08. The summed E-state index contributed by atoms with van der Waals surface area (Å²) in [5, 5.41) is 13.3. The first-order valence-corrected chi connectivity index (χ1v) is 5.46. The highest BCUT2D eigenvalue weighted by molar-refractivity contribution is 5.62. The second-order valence-electron chi connectivity index (χ2n) is 4.17. The Kier molecular flexibility index (Phi) is 3.21. The minimum atomic E-state index is -1.19. The molecule has 6 heteroatoms. The number of nitro benzene ring substituents is 1. The van der Waals surface area contributed by atoms with Crippen molar-refractivity contribution in [3.63, 3.8) is 0 Å². The molecule has 0 bridgehead atoms. The molecule has 0 radical (unpaired) electrons. The number of benzene rings is 1.